The van der Waals surface area contributed by atoms with Crippen molar-refractivity contribution >= 4 is 11.9 Å². The van der Waals surface area contributed by atoms with Crippen LogP contribution in [-0.4, -0.2) is 37.4 Å². The highest BCUT2D eigenvalue weighted by Crippen LogP contribution is 2.49. The molecule has 0 heterocycles. The molecule has 2 atom stereocenters. The summed E-state index contributed by atoms with van der Waals surface area (Å²) >= 11 is 0. The minimum absolute atomic E-state index is 0.0169. The van der Waals surface area contributed by atoms with Gasteiger partial charge in [0.2, 0.25) is 0 Å². The summed E-state index contributed by atoms with van der Waals surface area (Å²) in [5.74, 6) is -2.02. The molecule has 15 heavy (non-hydrogen) atoms. The second-order valence-corrected chi connectivity index (χ2v) is 3.49. The Morgan fingerprint density at radius 2 is 1.87 bits per heavy atom. The van der Waals surface area contributed by atoms with Crippen LogP contribution >= 0.6 is 0 Å². The van der Waals surface area contributed by atoms with Gasteiger partial charge in [-0.1, -0.05) is 6.08 Å². The number of aliphatic hydroxyl groups is 1. The molecule has 0 aromatic rings. The summed E-state index contributed by atoms with van der Waals surface area (Å²) in [4.78, 5) is 23.1. The molecule has 5 heteroatoms. The number of esters is 2. The van der Waals surface area contributed by atoms with Crippen molar-refractivity contribution in [3.05, 3.63) is 12.7 Å². The van der Waals surface area contributed by atoms with E-state index in [0.29, 0.717) is 0 Å². The van der Waals surface area contributed by atoms with Crippen LogP contribution in [0.5, 0.6) is 0 Å². The Labute approximate surface area is 87.7 Å². The van der Waals surface area contributed by atoms with Gasteiger partial charge in [-0.25, -0.2) is 0 Å². The van der Waals surface area contributed by atoms with E-state index < -0.39 is 29.4 Å². The van der Waals surface area contributed by atoms with Crippen molar-refractivity contribution in [1.29, 1.82) is 0 Å². The van der Waals surface area contributed by atoms with Gasteiger partial charge in [-0.05, 0) is 0 Å². The number of hydrogen-bond acceptors (Lipinski definition) is 5. The van der Waals surface area contributed by atoms with Crippen molar-refractivity contribution in [3.8, 4) is 0 Å². The number of ether oxygens (including phenoxy) is 2. The SMILES string of the molecule is C=C[C@@H]1[C@H](O)CC1(C(=O)OC)C(=O)OC. The quantitative estimate of drug-likeness (QED) is 0.403. The molecule has 1 aliphatic rings. The fourth-order valence-corrected chi connectivity index (χ4v) is 2.01. The number of carbonyl (C=O) groups excluding carboxylic acids is 2. The van der Waals surface area contributed by atoms with Crippen LogP contribution in [0, 0.1) is 11.3 Å². The molecule has 5 nitrogen and oxygen atoms in total. The van der Waals surface area contributed by atoms with Crippen molar-refractivity contribution < 1.29 is 24.2 Å². The molecular formula is C10H14O5. The number of rotatable bonds is 3. The lowest BCUT2D eigenvalue weighted by molar-refractivity contribution is -0.193. The topological polar surface area (TPSA) is 72.8 Å². The molecule has 0 spiro atoms. The van der Waals surface area contributed by atoms with Crippen LogP contribution in [0.3, 0.4) is 0 Å². The molecule has 0 amide bonds. The first kappa shape index (κ1) is 11.7. The van der Waals surface area contributed by atoms with Crippen LogP contribution in [0.4, 0.5) is 0 Å². The molecule has 0 unspecified atom stereocenters. The second kappa shape index (κ2) is 4.02. The number of aliphatic hydroxyl groups excluding tert-OH is 1. The number of carbonyl (C=O) groups is 2. The van der Waals surface area contributed by atoms with Gasteiger partial charge in [-0.2, -0.15) is 0 Å². The molecule has 1 aliphatic carbocycles. The van der Waals surface area contributed by atoms with Crippen LogP contribution in [0.2, 0.25) is 0 Å². The lowest BCUT2D eigenvalue weighted by Gasteiger charge is -2.46. The van der Waals surface area contributed by atoms with Crippen molar-refractivity contribution in [3.63, 3.8) is 0 Å². The summed E-state index contributed by atoms with van der Waals surface area (Å²) in [5, 5.41) is 9.45. The van der Waals surface area contributed by atoms with Gasteiger partial charge in [0.25, 0.3) is 0 Å². The number of methoxy groups -OCH3 is 2. The third-order valence-corrected chi connectivity index (χ3v) is 2.87. The summed E-state index contributed by atoms with van der Waals surface area (Å²) in [6.45, 7) is 3.49. The van der Waals surface area contributed by atoms with Gasteiger partial charge < -0.3 is 14.6 Å². The Bertz CT molecular complexity index is 280. The lowest BCUT2D eigenvalue weighted by atomic mass is 9.58. The Morgan fingerprint density at radius 1 is 1.40 bits per heavy atom. The summed E-state index contributed by atoms with van der Waals surface area (Å²) in [5.41, 5.74) is -1.41. The molecule has 0 aliphatic heterocycles. The van der Waals surface area contributed by atoms with Gasteiger partial charge in [-0.3, -0.25) is 9.59 Å². The zero-order chi connectivity index (χ0) is 11.6. The molecule has 1 saturated carbocycles. The number of hydrogen-bond donors (Lipinski definition) is 1. The van der Waals surface area contributed by atoms with Crippen LogP contribution < -0.4 is 0 Å². The van der Waals surface area contributed by atoms with Crippen molar-refractivity contribution in [2.75, 3.05) is 14.2 Å². The minimum Gasteiger partial charge on any atom is -0.468 e. The van der Waals surface area contributed by atoms with Gasteiger partial charge in [0.15, 0.2) is 5.41 Å². The zero-order valence-electron chi connectivity index (χ0n) is 8.73. The fraction of sp³-hybridized carbons (Fsp3) is 0.600. The highest BCUT2D eigenvalue weighted by atomic mass is 16.5. The predicted molar refractivity (Wildman–Crippen MR) is 50.8 cm³/mol. The molecule has 0 radical (unpaired) electrons. The Balaban J connectivity index is 3.04. The third kappa shape index (κ3) is 1.43. The fourth-order valence-electron chi connectivity index (χ4n) is 2.01. The maximum absolute atomic E-state index is 11.5. The average molecular weight is 214 g/mol. The van der Waals surface area contributed by atoms with E-state index in [9.17, 15) is 14.7 Å². The third-order valence-electron chi connectivity index (χ3n) is 2.87. The van der Waals surface area contributed by atoms with E-state index in [1.54, 1.807) is 0 Å². The first-order chi connectivity index (χ1) is 7.04. The van der Waals surface area contributed by atoms with E-state index in [0.717, 1.165) is 0 Å². The van der Waals surface area contributed by atoms with Gasteiger partial charge >= 0.3 is 11.9 Å². The van der Waals surface area contributed by atoms with Gasteiger partial charge in [-0.15, -0.1) is 6.58 Å². The summed E-state index contributed by atoms with van der Waals surface area (Å²) in [6.07, 6.45) is 0.645. The summed E-state index contributed by atoms with van der Waals surface area (Å²) < 4.78 is 9.12. The molecule has 0 saturated heterocycles. The van der Waals surface area contributed by atoms with Crippen LogP contribution in [0.1, 0.15) is 6.42 Å². The Morgan fingerprint density at radius 3 is 2.13 bits per heavy atom. The minimum atomic E-state index is -1.41. The summed E-state index contributed by atoms with van der Waals surface area (Å²) in [7, 11) is 2.38. The Hall–Kier alpha value is -1.36. The van der Waals surface area contributed by atoms with Crippen LogP contribution in [0.25, 0.3) is 0 Å². The zero-order valence-corrected chi connectivity index (χ0v) is 8.73. The van der Waals surface area contributed by atoms with E-state index in [2.05, 4.69) is 16.1 Å². The summed E-state index contributed by atoms with van der Waals surface area (Å²) in [6, 6.07) is 0. The molecule has 0 aromatic carbocycles. The largest absolute Gasteiger partial charge is 0.468 e. The van der Waals surface area contributed by atoms with E-state index in [1.165, 1.54) is 20.3 Å². The van der Waals surface area contributed by atoms with Gasteiger partial charge in [0, 0.05) is 12.3 Å². The second-order valence-electron chi connectivity index (χ2n) is 3.49. The van der Waals surface area contributed by atoms with E-state index >= 15 is 0 Å². The maximum Gasteiger partial charge on any atom is 0.324 e. The molecule has 0 aromatic heterocycles. The van der Waals surface area contributed by atoms with Gasteiger partial charge in [0.1, 0.15) is 0 Å². The normalized spacial score (nSPS) is 27.4. The predicted octanol–water partition coefficient (Wildman–Crippen LogP) is -0.114. The molecule has 1 fully saturated rings. The molecule has 84 valence electrons. The monoisotopic (exact) mass is 214 g/mol. The molecule has 1 rings (SSSR count). The van der Waals surface area contributed by atoms with Gasteiger partial charge in [0.05, 0.1) is 20.3 Å². The molecular weight excluding hydrogens is 200 g/mol. The smallest absolute Gasteiger partial charge is 0.324 e. The van der Waals surface area contributed by atoms with E-state index in [-0.39, 0.29) is 6.42 Å². The molecule has 0 bridgehead atoms. The van der Waals surface area contributed by atoms with Crippen molar-refractivity contribution in [2.45, 2.75) is 12.5 Å². The van der Waals surface area contributed by atoms with E-state index in [4.69, 9.17) is 0 Å². The lowest BCUT2D eigenvalue weighted by Crippen LogP contribution is -2.60. The van der Waals surface area contributed by atoms with E-state index in [1.807, 2.05) is 0 Å². The van der Waals surface area contributed by atoms with Crippen LogP contribution in [0.15, 0.2) is 12.7 Å². The average Bonchev–Trinajstić information content (AvgIpc) is 2.23. The Kier molecular flexibility index (Phi) is 3.14. The highest BCUT2D eigenvalue weighted by molar-refractivity contribution is 6.02. The van der Waals surface area contributed by atoms with Crippen molar-refractivity contribution in [1.82, 2.24) is 0 Å². The first-order valence-corrected chi connectivity index (χ1v) is 4.52. The molecule has 1 N–H and O–H groups in total. The maximum atomic E-state index is 11.5. The highest BCUT2D eigenvalue weighted by Gasteiger charge is 2.64. The van der Waals surface area contributed by atoms with Crippen LogP contribution in [-0.2, 0) is 19.1 Å². The van der Waals surface area contributed by atoms with Crippen molar-refractivity contribution in [2.24, 2.45) is 11.3 Å². The first-order valence-electron chi connectivity index (χ1n) is 4.52. The standard InChI is InChI=1S/C10H14O5/c1-4-6-7(11)5-10(6,8(12)14-2)9(13)15-3/h4,6-7,11H,1,5H2,2-3H3/t6-,7-/m1/s1.